The van der Waals surface area contributed by atoms with Gasteiger partial charge in [-0.2, -0.15) is 0 Å². The third-order valence-corrected chi connectivity index (χ3v) is 2.56. The molecule has 1 rings (SSSR count). The van der Waals surface area contributed by atoms with Gasteiger partial charge in [0.1, 0.15) is 0 Å². The van der Waals surface area contributed by atoms with E-state index in [2.05, 4.69) is 19.2 Å². The van der Waals surface area contributed by atoms with Gasteiger partial charge in [-0.05, 0) is 12.3 Å². The Morgan fingerprint density at radius 1 is 1.67 bits per heavy atom. The number of thioether (sulfide) groups is 1. The lowest BCUT2D eigenvalue weighted by Gasteiger charge is -2.10. The SMILES string of the molecule is CC(C)CC1CSCN1. The number of hydrogen-bond acceptors (Lipinski definition) is 2. The molecule has 9 heavy (non-hydrogen) atoms. The van der Waals surface area contributed by atoms with Crippen LogP contribution in [0.15, 0.2) is 0 Å². The summed E-state index contributed by atoms with van der Waals surface area (Å²) in [6.07, 6.45) is 1.34. The molecule has 0 aromatic heterocycles. The lowest BCUT2D eigenvalue weighted by atomic mass is 10.1. The second-order valence-corrected chi connectivity index (χ2v) is 4.08. The molecular weight excluding hydrogens is 130 g/mol. The Hall–Kier alpha value is 0.310. The largest absolute Gasteiger partial charge is 0.304 e. The van der Waals surface area contributed by atoms with Crippen LogP contribution in [0.3, 0.4) is 0 Å². The van der Waals surface area contributed by atoms with Crippen molar-refractivity contribution in [3.05, 3.63) is 0 Å². The summed E-state index contributed by atoms with van der Waals surface area (Å²) in [5.41, 5.74) is 0. The Morgan fingerprint density at radius 2 is 2.44 bits per heavy atom. The maximum Gasteiger partial charge on any atom is 0.0420 e. The third-order valence-electron chi connectivity index (χ3n) is 1.55. The van der Waals surface area contributed by atoms with Crippen LogP contribution in [0.2, 0.25) is 0 Å². The maximum absolute atomic E-state index is 3.45. The van der Waals surface area contributed by atoms with Crippen LogP contribution >= 0.6 is 11.8 Å². The summed E-state index contributed by atoms with van der Waals surface area (Å²) in [4.78, 5) is 0. The molecular formula is C7H15NS. The molecule has 0 aliphatic carbocycles. The van der Waals surface area contributed by atoms with Gasteiger partial charge in [-0.25, -0.2) is 0 Å². The highest BCUT2D eigenvalue weighted by Gasteiger charge is 2.14. The van der Waals surface area contributed by atoms with E-state index < -0.39 is 0 Å². The van der Waals surface area contributed by atoms with Gasteiger partial charge >= 0.3 is 0 Å². The second-order valence-electron chi connectivity index (χ2n) is 3.05. The fourth-order valence-corrected chi connectivity index (χ4v) is 2.17. The maximum atomic E-state index is 3.45. The molecule has 1 aliphatic heterocycles. The molecule has 0 bridgehead atoms. The van der Waals surface area contributed by atoms with Gasteiger partial charge in [-0.1, -0.05) is 13.8 Å². The first-order chi connectivity index (χ1) is 4.29. The van der Waals surface area contributed by atoms with Crippen LogP contribution in [0.1, 0.15) is 20.3 Å². The predicted molar refractivity (Wildman–Crippen MR) is 43.7 cm³/mol. The molecule has 1 atom stereocenters. The average Bonchev–Trinajstić information content (AvgIpc) is 2.15. The second kappa shape index (κ2) is 3.47. The van der Waals surface area contributed by atoms with Crippen molar-refractivity contribution in [1.82, 2.24) is 5.32 Å². The summed E-state index contributed by atoms with van der Waals surface area (Å²) in [6, 6.07) is 0.801. The molecule has 1 heterocycles. The van der Waals surface area contributed by atoms with E-state index in [4.69, 9.17) is 0 Å². The Morgan fingerprint density at radius 3 is 2.89 bits per heavy atom. The zero-order chi connectivity index (χ0) is 6.69. The van der Waals surface area contributed by atoms with Crippen molar-refractivity contribution in [2.45, 2.75) is 26.3 Å². The molecule has 1 N–H and O–H groups in total. The van der Waals surface area contributed by atoms with E-state index >= 15 is 0 Å². The average molecular weight is 145 g/mol. The summed E-state index contributed by atoms with van der Waals surface area (Å²) in [6.45, 7) is 4.56. The van der Waals surface area contributed by atoms with E-state index in [1.54, 1.807) is 0 Å². The van der Waals surface area contributed by atoms with Crippen LogP contribution < -0.4 is 5.32 Å². The van der Waals surface area contributed by atoms with E-state index in [9.17, 15) is 0 Å². The van der Waals surface area contributed by atoms with Crippen molar-refractivity contribution in [1.29, 1.82) is 0 Å². The summed E-state index contributed by atoms with van der Waals surface area (Å²) in [5, 5.41) is 3.45. The molecule has 2 heteroatoms. The smallest absolute Gasteiger partial charge is 0.0420 e. The minimum Gasteiger partial charge on any atom is -0.304 e. The zero-order valence-corrected chi connectivity index (χ0v) is 7.00. The Balaban J connectivity index is 2.11. The molecule has 1 aliphatic rings. The van der Waals surface area contributed by atoms with Crippen molar-refractivity contribution in [2.24, 2.45) is 5.92 Å². The van der Waals surface area contributed by atoms with E-state index in [0.29, 0.717) is 0 Å². The fraction of sp³-hybridized carbons (Fsp3) is 1.00. The predicted octanol–water partition coefficient (Wildman–Crippen LogP) is 1.70. The van der Waals surface area contributed by atoms with Gasteiger partial charge in [0, 0.05) is 17.7 Å². The monoisotopic (exact) mass is 145 g/mol. The van der Waals surface area contributed by atoms with Gasteiger partial charge in [0.05, 0.1) is 0 Å². The van der Waals surface area contributed by atoms with Crippen molar-refractivity contribution < 1.29 is 0 Å². The molecule has 1 nitrogen and oxygen atoms in total. The molecule has 0 spiro atoms. The van der Waals surface area contributed by atoms with E-state index in [1.807, 2.05) is 11.8 Å². The highest BCUT2D eigenvalue weighted by atomic mass is 32.2. The molecule has 0 amide bonds. The highest BCUT2D eigenvalue weighted by Crippen LogP contribution is 2.15. The Bertz CT molecular complexity index is 77.0. The van der Waals surface area contributed by atoms with Crippen molar-refractivity contribution in [2.75, 3.05) is 11.6 Å². The van der Waals surface area contributed by atoms with Crippen LogP contribution in [0.5, 0.6) is 0 Å². The van der Waals surface area contributed by atoms with Gasteiger partial charge in [-0.15, -0.1) is 11.8 Å². The summed E-state index contributed by atoms with van der Waals surface area (Å²) < 4.78 is 0. The van der Waals surface area contributed by atoms with Gasteiger partial charge in [0.15, 0.2) is 0 Å². The van der Waals surface area contributed by atoms with Crippen molar-refractivity contribution >= 4 is 11.8 Å². The first-order valence-corrected chi connectivity index (χ1v) is 4.75. The lowest BCUT2D eigenvalue weighted by molar-refractivity contribution is 0.481. The van der Waals surface area contributed by atoms with Gasteiger partial charge < -0.3 is 5.32 Å². The molecule has 54 valence electrons. The molecule has 0 saturated carbocycles. The van der Waals surface area contributed by atoms with E-state index in [-0.39, 0.29) is 0 Å². The number of rotatable bonds is 2. The minimum absolute atomic E-state index is 0.801. The van der Waals surface area contributed by atoms with Crippen LogP contribution in [-0.2, 0) is 0 Å². The third kappa shape index (κ3) is 2.59. The normalized spacial score (nSPS) is 27.7. The highest BCUT2D eigenvalue weighted by molar-refractivity contribution is 7.99. The molecule has 1 fully saturated rings. The summed E-state index contributed by atoms with van der Waals surface area (Å²) in [7, 11) is 0. The van der Waals surface area contributed by atoms with E-state index in [1.165, 1.54) is 12.2 Å². The zero-order valence-electron chi connectivity index (χ0n) is 6.18. The molecule has 1 saturated heterocycles. The minimum atomic E-state index is 0.801. The molecule has 0 aromatic carbocycles. The first kappa shape index (κ1) is 7.42. The number of nitrogens with one attached hydrogen (secondary N) is 1. The van der Waals surface area contributed by atoms with Gasteiger partial charge in [-0.3, -0.25) is 0 Å². The van der Waals surface area contributed by atoms with Crippen LogP contribution in [-0.4, -0.2) is 17.7 Å². The fourth-order valence-electron chi connectivity index (χ4n) is 1.16. The Labute approximate surface area is 61.6 Å². The topological polar surface area (TPSA) is 12.0 Å². The van der Waals surface area contributed by atoms with Gasteiger partial charge in [0.25, 0.3) is 0 Å². The van der Waals surface area contributed by atoms with Crippen LogP contribution in [0, 0.1) is 5.92 Å². The van der Waals surface area contributed by atoms with E-state index in [0.717, 1.165) is 17.8 Å². The quantitative estimate of drug-likeness (QED) is 0.634. The number of hydrogen-bond donors (Lipinski definition) is 1. The lowest BCUT2D eigenvalue weighted by Crippen LogP contribution is -2.24. The first-order valence-electron chi connectivity index (χ1n) is 3.60. The molecule has 0 aromatic rings. The Kier molecular flexibility index (Phi) is 2.86. The molecule has 0 radical (unpaired) electrons. The van der Waals surface area contributed by atoms with Gasteiger partial charge in [0.2, 0.25) is 0 Å². The molecule has 1 unspecified atom stereocenters. The van der Waals surface area contributed by atoms with Crippen LogP contribution in [0.25, 0.3) is 0 Å². The summed E-state index contributed by atoms with van der Waals surface area (Å²) in [5.74, 6) is 3.33. The van der Waals surface area contributed by atoms with Crippen LogP contribution in [0.4, 0.5) is 0 Å². The van der Waals surface area contributed by atoms with Crippen molar-refractivity contribution in [3.63, 3.8) is 0 Å². The summed E-state index contributed by atoms with van der Waals surface area (Å²) >= 11 is 2.01. The van der Waals surface area contributed by atoms with Crippen molar-refractivity contribution in [3.8, 4) is 0 Å². The standard InChI is InChI=1S/C7H15NS/c1-6(2)3-7-4-9-5-8-7/h6-8H,3-5H2,1-2H3.